The van der Waals surface area contributed by atoms with E-state index < -0.39 is 5.97 Å². The molecular weight excluding hydrogens is 629 g/mol. The molecule has 0 radical (unpaired) electrons. The number of hydrogen-bond donors (Lipinski definition) is 1. The molecule has 0 bridgehead atoms. The Labute approximate surface area is 284 Å². The van der Waals surface area contributed by atoms with Crippen molar-refractivity contribution in [2.45, 2.75) is 83.4 Å². The van der Waals surface area contributed by atoms with Crippen LogP contribution >= 0.6 is 0 Å². The minimum absolute atomic E-state index is 0.0311. The number of rotatable bonds is 13. The van der Waals surface area contributed by atoms with Crippen molar-refractivity contribution in [3.05, 3.63) is 92.5 Å². The van der Waals surface area contributed by atoms with Crippen molar-refractivity contribution in [2.24, 2.45) is 0 Å². The molecule has 1 fully saturated rings. The number of unbranched alkanes of at least 4 members (excludes halogenated alkanes) is 1. The van der Waals surface area contributed by atoms with Crippen molar-refractivity contribution < 1.29 is 28.0 Å². The molecule has 1 unspecified atom stereocenters. The highest BCUT2D eigenvalue weighted by Crippen LogP contribution is 2.33. The average molecular weight is 674 g/mol. The van der Waals surface area contributed by atoms with Crippen LogP contribution in [0.15, 0.2) is 51.8 Å². The molecule has 12 heteroatoms. The fourth-order valence-corrected chi connectivity index (χ4v) is 6.90. The first-order valence-electron chi connectivity index (χ1n) is 17.2. The highest BCUT2D eigenvalue weighted by molar-refractivity contribution is 5.89. The number of esters is 1. The Kier molecular flexibility index (Phi) is 11.1. The second-order valence-corrected chi connectivity index (χ2v) is 13.0. The summed E-state index contributed by atoms with van der Waals surface area (Å²) in [6.07, 6.45) is 5.72. The average Bonchev–Trinajstić information content (AvgIpc) is 3.54. The lowest BCUT2D eigenvalue weighted by atomic mass is 9.91. The van der Waals surface area contributed by atoms with E-state index in [-0.39, 0.29) is 29.3 Å². The number of amides is 1. The Morgan fingerprint density at radius 2 is 1.86 bits per heavy atom. The smallest absolute Gasteiger partial charge is 0.337 e. The van der Waals surface area contributed by atoms with Crippen molar-refractivity contribution in [1.29, 1.82) is 0 Å². The molecule has 1 saturated heterocycles. The van der Waals surface area contributed by atoms with Crippen LogP contribution in [-0.4, -0.2) is 64.8 Å². The van der Waals surface area contributed by atoms with Gasteiger partial charge in [-0.2, -0.15) is 0 Å². The maximum atomic E-state index is 13.6. The van der Waals surface area contributed by atoms with Gasteiger partial charge in [0, 0.05) is 61.3 Å². The van der Waals surface area contributed by atoms with Crippen LogP contribution in [0, 0.1) is 12.7 Å². The van der Waals surface area contributed by atoms with Crippen LogP contribution in [0.4, 0.5) is 4.39 Å². The van der Waals surface area contributed by atoms with Crippen molar-refractivity contribution in [1.82, 2.24) is 24.9 Å². The van der Waals surface area contributed by atoms with E-state index in [1.165, 1.54) is 19.2 Å². The summed E-state index contributed by atoms with van der Waals surface area (Å²) in [4.78, 5) is 44.8. The van der Waals surface area contributed by atoms with Gasteiger partial charge in [0.2, 0.25) is 5.91 Å². The summed E-state index contributed by atoms with van der Waals surface area (Å²) in [6.45, 7) is 6.00. The first-order chi connectivity index (χ1) is 23.8. The second-order valence-electron chi connectivity index (χ2n) is 13.0. The van der Waals surface area contributed by atoms with Gasteiger partial charge in [0.05, 0.1) is 18.4 Å². The van der Waals surface area contributed by atoms with Gasteiger partial charge in [-0.05, 0) is 94.8 Å². The summed E-state index contributed by atoms with van der Waals surface area (Å²) in [6, 6.07) is 11.5. The van der Waals surface area contributed by atoms with E-state index in [1.54, 1.807) is 34.9 Å². The predicted octanol–water partition coefficient (Wildman–Crippen LogP) is 5.38. The van der Waals surface area contributed by atoms with E-state index in [9.17, 15) is 18.8 Å². The molecule has 1 amide bonds. The lowest BCUT2D eigenvalue weighted by molar-refractivity contribution is -0.121. The number of hydrogen-bond acceptors (Lipinski definition) is 9. The number of benzene rings is 2. The third kappa shape index (κ3) is 8.25. The highest BCUT2D eigenvalue weighted by Gasteiger charge is 2.28. The first kappa shape index (κ1) is 34.4. The van der Waals surface area contributed by atoms with Gasteiger partial charge in [0.1, 0.15) is 17.7 Å². The first-order valence-corrected chi connectivity index (χ1v) is 17.2. The zero-order valence-corrected chi connectivity index (χ0v) is 28.2. The van der Waals surface area contributed by atoms with Crippen LogP contribution in [0.3, 0.4) is 0 Å². The Morgan fingerprint density at radius 3 is 2.63 bits per heavy atom. The predicted molar refractivity (Wildman–Crippen MR) is 181 cm³/mol. The quantitative estimate of drug-likeness (QED) is 0.147. The van der Waals surface area contributed by atoms with Gasteiger partial charge >= 0.3 is 5.97 Å². The number of nitrogens with zero attached hydrogens (tertiary/aromatic N) is 4. The summed E-state index contributed by atoms with van der Waals surface area (Å²) in [7, 11) is 1.34. The Bertz CT molecular complexity index is 1830. The number of fused-ring (bicyclic) bond motifs is 2. The molecule has 1 N–H and O–H groups in total. The van der Waals surface area contributed by atoms with Gasteiger partial charge in [-0.3, -0.25) is 14.2 Å². The van der Waals surface area contributed by atoms with Crippen molar-refractivity contribution >= 4 is 22.8 Å². The number of aromatic nitrogens is 3. The molecule has 6 rings (SSSR count). The molecule has 2 aromatic heterocycles. The number of likely N-dealkylation sites (tertiary alicyclic amines) is 1. The summed E-state index contributed by atoms with van der Waals surface area (Å²) in [5.41, 5.74) is 4.32. The molecular formula is C37H44FN5O6. The van der Waals surface area contributed by atoms with E-state index in [4.69, 9.17) is 19.0 Å². The number of aryl methyl sites for hydroxylation is 1. The number of piperidine rings is 1. The second kappa shape index (κ2) is 15.9. The maximum absolute atomic E-state index is 13.6. The molecule has 0 aliphatic carbocycles. The molecule has 11 nitrogen and oxygen atoms in total. The highest BCUT2D eigenvalue weighted by atomic mass is 19.1. The molecule has 0 saturated carbocycles. The Morgan fingerprint density at radius 1 is 1.06 bits per heavy atom. The van der Waals surface area contributed by atoms with Crippen LogP contribution in [0.2, 0.25) is 0 Å². The number of nitrogens with one attached hydrogen (secondary N) is 1. The molecule has 2 aromatic carbocycles. The normalized spacial score (nSPS) is 16.8. The van der Waals surface area contributed by atoms with E-state index in [2.05, 4.69) is 15.4 Å². The minimum Gasteiger partial charge on any atom is -0.465 e. The van der Waals surface area contributed by atoms with Crippen LogP contribution in [-0.2, 0) is 33.8 Å². The molecule has 49 heavy (non-hydrogen) atoms. The van der Waals surface area contributed by atoms with Gasteiger partial charge in [-0.1, -0.05) is 17.3 Å². The van der Waals surface area contributed by atoms with Crippen LogP contribution in [0.25, 0.3) is 11.0 Å². The topological polar surface area (TPSA) is 129 Å². The maximum Gasteiger partial charge on any atom is 0.337 e. The number of halogens is 1. The molecule has 2 aliphatic heterocycles. The van der Waals surface area contributed by atoms with Gasteiger partial charge < -0.3 is 24.2 Å². The van der Waals surface area contributed by atoms with Gasteiger partial charge in [-0.25, -0.2) is 14.2 Å². The zero-order valence-electron chi connectivity index (χ0n) is 28.2. The molecule has 4 aromatic rings. The largest absolute Gasteiger partial charge is 0.465 e. The van der Waals surface area contributed by atoms with Crippen LogP contribution in [0.5, 0.6) is 0 Å². The van der Waals surface area contributed by atoms with Crippen LogP contribution < -0.4 is 10.9 Å². The van der Waals surface area contributed by atoms with E-state index in [1.807, 2.05) is 6.92 Å². The molecule has 2 aliphatic rings. The third-order valence-corrected chi connectivity index (χ3v) is 9.73. The third-order valence-electron chi connectivity index (χ3n) is 9.73. The standard InChI is InChI=1S/C37H44FN5O6/c1-24-29(16-20-42-18-14-26(15-19-42)34-30-13-12-28(38)22-32(30)49-41-34)36(45)43-17-5-6-31(35(43)40-24)48-21-4-3-7-33(44)39-23-25-8-10-27(11-9-25)37(46)47-2/h8-13,22,26,31H,3-7,14-21,23H2,1-2H3,(H,39,44). The molecule has 0 spiro atoms. The number of methoxy groups -OCH3 is 1. The lowest BCUT2D eigenvalue weighted by Gasteiger charge is -2.31. The van der Waals surface area contributed by atoms with Gasteiger partial charge in [0.25, 0.3) is 5.56 Å². The summed E-state index contributed by atoms with van der Waals surface area (Å²) in [5.74, 6) is 0.207. The number of ether oxygens (including phenoxy) is 2. The monoisotopic (exact) mass is 673 g/mol. The SMILES string of the molecule is COC(=O)c1ccc(CNC(=O)CCCCOC2CCCn3c2nc(C)c(CCN2CCC(c4noc5cc(F)ccc45)CC2)c3=O)cc1. The van der Waals surface area contributed by atoms with Crippen molar-refractivity contribution in [3.8, 4) is 0 Å². The fourth-order valence-electron chi connectivity index (χ4n) is 6.90. The summed E-state index contributed by atoms with van der Waals surface area (Å²) < 4.78 is 31.7. The van der Waals surface area contributed by atoms with Crippen LogP contribution in [0.1, 0.15) is 95.7 Å². The van der Waals surface area contributed by atoms with E-state index in [0.717, 1.165) is 79.6 Å². The van der Waals surface area contributed by atoms with Gasteiger partial charge in [-0.15, -0.1) is 0 Å². The zero-order chi connectivity index (χ0) is 34.3. The number of carbonyl (C=O) groups excluding carboxylic acids is 2. The molecule has 260 valence electrons. The van der Waals surface area contributed by atoms with E-state index in [0.29, 0.717) is 55.9 Å². The van der Waals surface area contributed by atoms with Gasteiger partial charge in [0.15, 0.2) is 5.58 Å². The number of carbonyl (C=O) groups is 2. The molecule has 1 atom stereocenters. The fraction of sp³-hybridized carbons (Fsp3) is 0.486. The minimum atomic E-state index is -0.392. The van der Waals surface area contributed by atoms with Crippen molar-refractivity contribution in [2.75, 3.05) is 33.4 Å². The Balaban J connectivity index is 0.938. The summed E-state index contributed by atoms with van der Waals surface area (Å²) >= 11 is 0. The molecule has 4 heterocycles. The van der Waals surface area contributed by atoms with E-state index >= 15 is 0 Å². The summed E-state index contributed by atoms with van der Waals surface area (Å²) in [5, 5.41) is 8.06. The Hall–Kier alpha value is -4.42. The lowest BCUT2D eigenvalue weighted by Crippen LogP contribution is -2.38. The van der Waals surface area contributed by atoms with Crippen molar-refractivity contribution in [3.63, 3.8) is 0 Å².